The molecule has 0 spiro atoms. The second-order valence-corrected chi connectivity index (χ2v) is 5.67. The maximum atomic E-state index is 12.2. The van der Waals surface area contributed by atoms with Crippen molar-refractivity contribution in [1.29, 1.82) is 0 Å². The third kappa shape index (κ3) is 4.32. The quantitative estimate of drug-likeness (QED) is 0.788. The lowest BCUT2D eigenvalue weighted by Crippen LogP contribution is -2.49. The highest BCUT2D eigenvalue weighted by Crippen LogP contribution is 2.15. The van der Waals surface area contributed by atoms with Gasteiger partial charge in [0.15, 0.2) is 0 Å². The van der Waals surface area contributed by atoms with E-state index in [2.05, 4.69) is 44.5 Å². The first-order valence-electron chi connectivity index (χ1n) is 8.09. The van der Waals surface area contributed by atoms with E-state index in [1.54, 1.807) is 12.4 Å². The van der Waals surface area contributed by atoms with Gasteiger partial charge in [0, 0.05) is 57.2 Å². The monoisotopic (exact) mass is 313 g/mol. The molecule has 1 amide bonds. The van der Waals surface area contributed by atoms with Gasteiger partial charge in [-0.1, -0.05) is 18.2 Å². The van der Waals surface area contributed by atoms with Gasteiger partial charge >= 0.3 is 0 Å². The molecule has 6 heteroatoms. The van der Waals surface area contributed by atoms with E-state index >= 15 is 0 Å². The fourth-order valence-electron chi connectivity index (χ4n) is 2.81. The number of aromatic nitrogens is 2. The van der Waals surface area contributed by atoms with Gasteiger partial charge in [-0.25, -0.2) is 4.98 Å². The van der Waals surface area contributed by atoms with Gasteiger partial charge in [0.25, 0.3) is 0 Å². The molecule has 1 aromatic carbocycles. The number of imidazole rings is 1. The molecule has 1 saturated heterocycles. The molecule has 1 aromatic heterocycles. The zero-order valence-electron chi connectivity index (χ0n) is 13.2. The van der Waals surface area contributed by atoms with Crippen LogP contribution in [0.15, 0.2) is 42.7 Å². The van der Waals surface area contributed by atoms with Gasteiger partial charge in [-0.15, -0.1) is 0 Å². The number of carbonyl (C=O) groups is 1. The van der Waals surface area contributed by atoms with Gasteiger partial charge in [0.1, 0.15) is 5.82 Å². The van der Waals surface area contributed by atoms with Crippen molar-refractivity contribution in [2.24, 2.45) is 0 Å². The maximum Gasteiger partial charge on any atom is 0.223 e. The Morgan fingerprint density at radius 2 is 1.96 bits per heavy atom. The topological polar surface area (TPSA) is 64.3 Å². The van der Waals surface area contributed by atoms with E-state index in [1.807, 2.05) is 11.0 Å². The Hall–Kier alpha value is -2.34. The summed E-state index contributed by atoms with van der Waals surface area (Å²) in [6, 6.07) is 10.4. The first-order valence-corrected chi connectivity index (χ1v) is 8.09. The second kappa shape index (κ2) is 7.78. The Bertz CT molecular complexity index is 591. The molecule has 0 bridgehead atoms. The van der Waals surface area contributed by atoms with Crippen LogP contribution in [-0.2, 0) is 11.3 Å². The Labute approximate surface area is 136 Å². The van der Waals surface area contributed by atoms with Crippen molar-refractivity contribution in [2.45, 2.75) is 13.0 Å². The van der Waals surface area contributed by atoms with Gasteiger partial charge in [0.2, 0.25) is 5.91 Å². The number of hydrogen-bond donors (Lipinski definition) is 2. The van der Waals surface area contributed by atoms with Gasteiger partial charge in [-0.3, -0.25) is 4.79 Å². The largest absolute Gasteiger partial charge is 0.368 e. The first kappa shape index (κ1) is 15.6. The van der Waals surface area contributed by atoms with E-state index in [-0.39, 0.29) is 5.91 Å². The zero-order valence-corrected chi connectivity index (χ0v) is 13.2. The molecular formula is C17H23N5O. The van der Waals surface area contributed by atoms with Crippen LogP contribution in [0.25, 0.3) is 0 Å². The molecule has 0 aliphatic carbocycles. The van der Waals surface area contributed by atoms with Gasteiger partial charge in [0.05, 0.1) is 6.54 Å². The minimum atomic E-state index is 0.227. The van der Waals surface area contributed by atoms with E-state index in [4.69, 9.17) is 0 Å². The summed E-state index contributed by atoms with van der Waals surface area (Å²) in [6.45, 7) is 4.74. The van der Waals surface area contributed by atoms with E-state index < -0.39 is 0 Å². The van der Waals surface area contributed by atoms with Crippen molar-refractivity contribution in [3.05, 3.63) is 48.5 Å². The summed E-state index contributed by atoms with van der Waals surface area (Å²) in [6.07, 6.45) is 4.06. The van der Waals surface area contributed by atoms with E-state index in [1.165, 1.54) is 5.69 Å². The summed E-state index contributed by atoms with van der Waals surface area (Å²) in [4.78, 5) is 23.7. The molecule has 3 rings (SSSR count). The summed E-state index contributed by atoms with van der Waals surface area (Å²) >= 11 is 0. The van der Waals surface area contributed by atoms with E-state index in [0.717, 1.165) is 32.0 Å². The molecule has 122 valence electrons. The highest BCUT2D eigenvalue weighted by molar-refractivity contribution is 5.76. The molecule has 0 atom stereocenters. The Balaban J connectivity index is 1.36. The maximum absolute atomic E-state index is 12.2. The van der Waals surface area contributed by atoms with Crippen molar-refractivity contribution in [2.75, 3.05) is 37.6 Å². The molecule has 2 N–H and O–H groups in total. The molecule has 2 aromatic rings. The van der Waals surface area contributed by atoms with Crippen molar-refractivity contribution < 1.29 is 4.79 Å². The molecule has 1 aliphatic rings. The summed E-state index contributed by atoms with van der Waals surface area (Å²) < 4.78 is 0. The molecular weight excluding hydrogens is 290 g/mol. The fraction of sp³-hybridized carbons (Fsp3) is 0.412. The number of piperazine rings is 1. The summed E-state index contributed by atoms with van der Waals surface area (Å²) in [5.41, 5.74) is 1.24. The minimum absolute atomic E-state index is 0.227. The number of carbonyl (C=O) groups excluding carboxylic acids is 1. The highest BCUT2D eigenvalue weighted by Gasteiger charge is 2.20. The molecule has 0 unspecified atom stereocenters. The zero-order chi connectivity index (χ0) is 15.9. The van der Waals surface area contributed by atoms with Gasteiger partial charge in [-0.2, -0.15) is 0 Å². The van der Waals surface area contributed by atoms with E-state index in [9.17, 15) is 4.79 Å². The number of amides is 1. The molecule has 6 nitrogen and oxygen atoms in total. The number of nitrogens with zero attached hydrogens (tertiary/aromatic N) is 3. The van der Waals surface area contributed by atoms with Crippen LogP contribution >= 0.6 is 0 Å². The fourth-order valence-corrected chi connectivity index (χ4v) is 2.81. The van der Waals surface area contributed by atoms with Crippen molar-refractivity contribution in [3.8, 4) is 0 Å². The number of nitrogens with one attached hydrogen (secondary N) is 2. The number of anilines is 1. The number of para-hydroxylation sites is 1. The molecule has 2 heterocycles. The van der Waals surface area contributed by atoms with Crippen LogP contribution in [0.2, 0.25) is 0 Å². The average Bonchev–Trinajstić information content (AvgIpc) is 3.13. The van der Waals surface area contributed by atoms with Crippen LogP contribution < -0.4 is 10.2 Å². The van der Waals surface area contributed by atoms with Crippen LogP contribution in [-0.4, -0.2) is 53.5 Å². The summed E-state index contributed by atoms with van der Waals surface area (Å²) in [5, 5.41) is 3.24. The number of H-pyrrole nitrogens is 1. The summed E-state index contributed by atoms with van der Waals surface area (Å²) in [7, 11) is 0. The van der Waals surface area contributed by atoms with Crippen LogP contribution in [0.1, 0.15) is 12.2 Å². The van der Waals surface area contributed by atoms with Crippen molar-refractivity contribution in [3.63, 3.8) is 0 Å². The summed E-state index contributed by atoms with van der Waals surface area (Å²) in [5.74, 6) is 1.12. The van der Waals surface area contributed by atoms with Crippen LogP contribution in [0.3, 0.4) is 0 Å². The Morgan fingerprint density at radius 1 is 1.17 bits per heavy atom. The Morgan fingerprint density at radius 3 is 2.65 bits per heavy atom. The van der Waals surface area contributed by atoms with Crippen molar-refractivity contribution >= 4 is 11.6 Å². The Kier molecular flexibility index (Phi) is 5.26. The molecule has 0 saturated carbocycles. The molecule has 23 heavy (non-hydrogen) atoms. The standard InChI is InChI=1S/C17H23N5O/c23-17(6-7-18-14-16-19-8-9-20-16)22-12-10-21(11-13-22)15-4-2-1-3-5-15/h1-5,8-9,18H,6-7,10-14H2,(H,19,20). The molecule has 1 fully saturated rings. The lowest BCUT2D eigenvalue weighted by Gasteiger charge is -2.36. The lowest BCUT2D eigenvalue weighted by atomic mass is 10.2. The number of rotatable bonds is 6. The number of benzene rings is 1. The normalized spacial score (nSPS) is 15.0. The lowest BCUT2D eigenvalue weighted by molar-refractivity contribution is -0.131. The molecule has 1 aliphatic heterocycles. The third-order valence-electron chi connectivity index (χ3n) is 4.12. The van der Waals surface area contributed by atoms with E-state index in [0.29, 0.717) is 19.5 Å². The van der Waals surface area contributed by atoms with Gasteiger partial charge < -0.3 is 20.1 Å². The van der Waals surface area contributed by atoms with Crippen LogP contribution in [0, 0.1) is 0 Å². The third-order valence-corrected chi connectivity index (χ3v) is 4.12. The first-order chi connectivity index (χ1) is 11.3. The van der Waals surface area contributed by atoms with Gasteiger partial charge in [-0.05, 0) is 12.1 Å². The predicted octanol–water partition coefficient (Wildman–Crippen LogP) is 1.24. The predicted molar refractivity (Wildman–Crippen MR) is 90.1 cm³/mol. The SMILES string of the molecule is O=C(CCNCc1ncc[nH]1)N1CCN(c2ccccc2)CC1. The smallest absolute Gasteiger partial charge is 0.223 e. The minimum Gasteiger partial charge on any atom is -0.368 e. The molecule has 0 radical (unpaired) electrons. The average molecular weight is 313 g/mol. The number of hydrogen-bond acceptors (Lipinski definition) is 4. The highest BCUT2D eigenvalue weighted by atomic mass is 16.2. The second-order valence-electron chi connectivity index (χ2n) is 5.67. The van der Waals surface area contributed by atoms with Crippen molar-refractivity contribution in [1.82, 2.24) is 20.2 Å². The number of aromatic amines is 1. The van der Waals surface area contributed by atoms with Crippen LogP contribution in [0.4, 0.5) is 5.69 Å². The van der Waals surface area contributed by atoms with Crippen LogP contribution in [0.5, 0.6) is 0 Å².